The van der Waals surface area contributed by atoms with Crippen molar-refractivity contribution in [2.75, 3.05) is 17.4 Å². The van der Waals surface area contributed by atoms with Gasteiger partial charge < -0.3 is 10.2 Å². The topological polar surface area (TPSA) is 86.8 Å². The van der Waals surface area contributed by atoms with Crippen LogP contribution in [0, 0.1) is 25.6 Å². The molecule has 0 bridgehead atoms. The van der Waals surface area contributed by atoms with Gasteiger partial charge in [-0.25, -0.2) is 12.8 Å². The minimum Gasteiger partial charge on any atom is -0.354 e. The highest BCUT2D eigenvalue weighted by Gasteiger charge is 2.34. The predicted molar refractivity (Wildman–Crippen MR) is 176 cm³/mol. The fourth-order valence-electron chi connectivity index (χ4n) is 4.91. The fraction of sp³-hybridized carbons (Fsp3) is 0.278. The lowest BCUT2D eigenvalue weighted by Gasteiger charge is -2.34. The molecule has 0 aromatic heterocycles. The lowest BCUT2D eigenvalue weighted by atomic mass is 10.0. The van der Waals surface area contributed by atoms with Gasteiger partial charge in [-0.15, -0.1) is 0 Å². The van der Waals surface area contributed by atoms with Crippen LogP contribution in [-0.2, 0) is 32.6 Å². The highest BCUT2D eigenvalue weighted by molar-refractivity contribution is 7.92. The van der Waals surface area contributed by atoms with Crippen LogP contribution in [0.5, 0.6) is 0 Å². The van der Waals surface area contributed by atoms with E-state index in [9.17, 15) is 22.4 Å². The second kappa shape index (κ2) is 15.0. The number of halogens is 1. The third-order valence-corrected chi connectivity index (χ3v) is 9.19. The van der Waals surface area contributed by atoms with Crippen molar-refractivity contribution in [2.45, 2.75) is 51.6 Å². The summed E-state index contributed by atoms with van der Waals surface area (Å²) < 4.78 is 43.1. The number of sulfonamides is 1. The van der Waals surface area contributed by atoms with E-state index >= 15 is 0 Å². The van der Waals surface area contributed by atoms with E-state index in [0.29, 0.717) is 17.8 Å². The molecule has 1 N–H and O–H groups in total. The molecular weight excluding hydrogens is 589 g/mol. The second-order valence-electron chi connectivity index (χ2n) is 11.7. The minimum absolute atomic E-state index is 0.0298. The number of benzene rings is 4. The molecule has 0 saturated heterocycles. The molecule has 0 fully saturated rings. The van der Waals surface area contributed by atoms with Gasteiger partial charge in [0, 0.05) is 19.5 Å². The van der Waals surface area contributed by atoms with Crippen LogP contribution in [-0.4, -0.2) is 44.3 Å². The van der Waals surface area contributed by atoms with Crippen molar-refractivity contribution < 1.29 is 22.4 Å². The van der Waals surface area contributed by atoms with Crippen LogP contribution in [0.2, 0.25) is 0 Å². The Hall–Kier alpha value is -4.50. The molecular formula is C36H40FN3O4S. The fourth-order valence-corrected chi connectivity index (χ4v) is 6.32. The number of amides is 2. The van der Waals surface area contributed by atoms with E-state index in [4.69, 9.17) is 0 Å². The van der Waals surface area contributed by atoms with Crippen molar-refractivity contribution in [2.24, 2.45) is 5.92 Å². The van der Waals surface area contributed by atoms with Gasteiger partial charge in [-0.2, -0.15) is 0 Å². The summed E-state index contributed by atoms with van der Waals surface area (Å²) in [5, 5.41) is 2.96. The lowest BCUT2D eigenvalue weighted by molar-refractivity contribution is -0.140. The van der Waals surface area contributed by atoms with E-state index in [-0.39, 0.29) is 29.7 Å². The molecule has 0 radical (unpaired) electrons. The van der Waals surface area contributed by atoms with E-state index in [0.717, 1.165) is 21.0 Å². The van der Waals surface area contributed by atoms with Crippen molar-refractivity contribution >= 4 is 27.5 Å². The summed E-state index contributed by atoms with van der Waals surface area (Å²) in [5.41, 5.74) is 3.48. The van der Waals surface area contributed by atoms with Gasteiger partial charge in [-0.05, 0) is 72.9 Å². The van der Waals surface area contributed by atoms with Crippen LogP contribution in [0.3, 0.4) is 0 Å². The van der Waals surface area contributed by atoms with Gasteiger partial charge in [0.2, 0.25) is 11.8 Å². The highest BCUT2D eigenvalue weighted by atomic mass is 32.2. The Labute approximate surface area is 265 Å². The molecule has 4 rings (SSSR count). The molecule has 236 valence electrons. The van der Waals surface area contributed by atoms with E-state index in [2.05, 4.69) is 5.32 Å². The molecule has 9 heteroatoms. The first-order valence-corrected chi connectivity index (χ1v) is 16.4. The van der Waals surface area contributed by atoms with Crippen LogP contribution in [0.25, 0.3) is 0 Å². The van der Waals surface area contributed by atoms with E-state index < -0.39 is 34.3 Å². The third kappa shape index (κ3) is 9.01. The molecule has 0 saturated carbocycles. The lowest BCUT2D eigenvalue weighted by Crippen LogP contribution is -2.53. The maximum absolute atomic E-state index is 14.5. The van der Waals surface area contributed by atoms with Crippen molar-refractivity contribution in [3.05, 3.63) is 131 Å². The first-order valence-electron chi connectivity index (χ1n) is 15.0. The first-order chi connectivity index (χ1) is 21.4. The monoisotopic (exact) mass is 629 g/mol. The van der Waals surface area contributed by atoms with Crippen LogP contribution in [0.4, 0.5) is 10.1 Å². The molecule has 7 nitrogen and oxygen atoms in total. The zero-order chi connectivity index (χ0) is 32.6. The van der Waals surface area contributed by atoms with E-state index in [1.54, 1.807) is 42.5 Å². The summed E-state index contributed by atoms with van der Waals surface area (Å²) in [6.07, 6.45) is 0.201. The maximum atomic E-state index is 14.5. The van der Waals surface area contributed by atoms with Gasteiger partial charge in [0.05, 0.1) is 10.6 Å². The zero-order valence-corrected chi connectivity index (χ0v) is 26.9. The quantitative estimate of drug-likeness (QED) is 0.195. The van der Waals surface area contributed by atoms with Crippen molar-refractivity contribution in [3.8, 4) is 0 Å². The van der Waals surface area contributed by atoms with Crippen molar-refractivity contribution in [1.29, 1.82) is 0 Å². The van der Waals surface area contributed by atoms with Crippen LogP contribution in [0.1, 0.15) is 36.1 Å². The number of rotatable bonds is 13. The molecule has 0 spiro atoms. The SMILES string of the molecule is Cc1ccc(S(=O)(=O)N(CC(=O)N(Cc2ccc(F)cc2)C(Cc2ccccc2)C(=O)NCC(C)C)c2cccc(C)c2)cc1. The van der Waals surface area contributed by atoms with Gasteiger partial charge >= 0.3 is 0 Å². The molecule has 0 aliphatic carbocycles. The van der Waals surface area contributed by atoms with Crippen LogP contribution < -0.4 is 9.62 Å². The molecule has 1 unspecified atom stereocenters. The Morgan fingerprint density at radius 1 is 0.800 bits per heavy atom. The maximum Gasteiger partial charge on any atom is 0.264 e. The molecule has 0 aliphatic rings. The molecule has 1 atom stereocenters. The van der Waals surface area contributed by atoms with Gasteiger partial charge in [0.15, 0.2) is 0 Å². The van der Waals surface area contributed by atoms with Gasteiger partial charge in [0.25, 0.3) is 10.0 Å². The second-order valence-corrected chi connectivity index (χ2v) is 13.5. The minimum atomic E-state index is -4.19. The summed E-state index contributed by atoms with van der Waals surface area (Å²) in [6.45, 7) is 7.48. The molecule has 0 heterocycles. The summed E-state index contributed by atoms with van der Waals surface area (Å²) in [5.74, 6) is -1.19. The Morgan fingerprint density at radius 2 is 1.47 bits per heavy atom. The largest absolute Gasteiger partial charge is 0.354 e. The Kier molecular flexibility index (Phi) is 11.1. The van der Waals surface area contributed by atoms with Crippen LogP contribution in [0.15, 0.2) is 108 Å². The van der Waals surface area contributed by atoms with Gasteiger partial charge in [-0.3, -0.25) is 13.9 Å². The Balaban J connectivity index is 1.79. The number of nitrogens with zero attached hydrogens (tertiary/aromatic N) is 2. The molecule has 4 aromatic carbocycles. The molecule has 4 aromatic rings. The summed E-state index contributed by atoms with van der Waals surface area (Å²) >= 11 is 0. The average molecular weight is 630 g/mol. The summed E-state index contributed by atoms with van der Waals surface area (Å²) in [6, 6.07) is 27.5. The number of hydrogen-bond donors (Lipinski definition) is 1. The van der Waals surface area contributed by atoms with Crippen molar-refractivity contribution in [1.82, 2.24) is 10.2 Å². The van der Waals surface area contributed by atoms with Gasteiger partial charge in [-0.1, -0.05) is 86.1 Å². The number of anilines is 1. The third-order valence-electron chi connectivity index (χ3n) is 7.40. The number of carbonyl (C=O) groups excluding carboxylic acids is 2. The van der Waals surface area contributed by atoms with E-state index in [1.165, 1.54) is 29.2 Å². The Morgan fingerprint density at radius 3 is 2.09 bits per heavy atom. The predicted octanol–water partition coefficient (Wildman–Crippen LogP) is 6.05. The average Bonchev–Trinajstić information content (AvgIpc) is 3.01. The smallest absolute Gasteiger partial charge is 0.264 e. The number of nitrogens with one attached hydrogen (secondary N) is 1. The Bertz CT molecular complexity index is 1690. The normalized spacial score (nSPS) is 12.0. The number of hydrogen-bond acceptors (Lipinski definition) is 4. The summed E-state index contributed by atoms with van der Waals surface area (Å²) in [4.78, 5) is 29.7. The highest BCUT2D eigenvalue weighted by Crippen LogP contribution is 2.26. The van der Waals surface area contributed by atoms with Crippen molar-refractivity contribution in [3.63, 3.8) is 0 Å². The van der Waals surface area contributed by atoms with Crippen LogP contribution >= 0.6 is 0 Å². The first kappa shape index (κ1) is 33.4. The zero-order valence-electron chi connectivity index (χ0n) is 26.1. The van der Waals surface area contributed by atoms with Gasteiger partial charge in [0.1, 0.15) is 18.4 Å². The molecule has 2 amide bonds. The molecule has 45 heavy (non-hydrogen) atoms. The number of aryl methyl sites for hydroxylation is 2. The summed E-state index contributed by atoms with van der Waals surface area (Å²) in [7, 11) is -4.19. The molecule has 0 aliphatic heterocycles. The number of carbonyl (C=O) groups is 2. The standard InChI is InChI=1S/C36H40FN3O4S/c1-26(2)23-38-36(42)34(22-29-10-6-5-7-11-29)39(24-30-15-17-31(37)18-16-30)35(41)25-40(32-12-8-9-28(4)21-32)45(43,44)33-19-13-27(3)14-20-33/h5-21,26,34H,22-25H2,1-4H3,(H,38,42). The van der Waals surface area contributed by atoms with E-state index in [1.807, 2.05) is 64.1 Å².